The van der Waals surface area contributed by atoms with Crippen molar-refractivity contribution in [2.75, 3.05) is 13.2 Å². The standard InChI is InChI=1S/C19H19N5O3/c1-3-21-18(25)14-10-23-17(24-11-14)13-8-15(12-20-9-13)27-19-16(26-4-2)6-5-7-22-19/h5-12H,3-4H2,1-2H3,(H,21,25). The number of carbonyl (C=O) groups excluding carboxylic acids is 1. The molecule has 3 aromatic heterocycles. The molecule has 0 unspecified atom stereocenters. The van der Waals surface area contributed by atoms with E-state index >= 15 is 0 Å². The molecular weight excluding hydrogens is 346 g/mol. The Kier molecular flexibility index (Phi) is 5.88. The lowest BCUT2D eigenvalue weighted by Gasteiger charge is -2.10. The van der Waals surface area contributed by atoms with Gasteiger partial charge < -0.3 is 14.8 Å². The Labute approximate surface area is 156 Å². The zero-order valence-corrected chi connectivity index (χ0v) is 15.0. The third kappa shape index (κ3) is 4.55. The van der Waals surface area contributed by atoms with Crippen LogP contribution in [0.1, 0.15) is 24.2 Å². The van der Waals surface area contributed by atoms with Gasteiger partial charge in [0, 0.05) is 36.9 Å². The van der Waals surface area contributed by atoms with Gasteiger partial charge in [-0.05, 0) is 32.0 Å². The maximum Gasteiger partial charge on any atom is 0.262 e. The summed E-state index contributed by atoms with van der Waals surface area (Å²) in [6.45, 7) is 4.79. The lowest BCUT2D eigenvalue weighted by atomic mass is 10.2. The molecule has 0 saturated carbocycles. The first-order valence-electron chi connectivity index (χ1n) is 8.52. The highest BCUT2D eigenvalue weighted by molar-refractivity contribution is 5.93. The minimum atomic E-state index is -0.210. The molecular formula is C19H19N5O3. The molecule has 138 valence electrons. The summed E-state index contributed by atoms with van der Waals surface area (Å²) in [5.41, 5.74) is 1.06. The van der Waals surface area contributed by atoms with Gasteiger partial charge in [0.2, 0.25) is 0 Å². The van der Waals surface area contributed by atoms with E-state index in [0.29, 0.717) is 47.5 Å². The van der Waals surface area contributed by atoms with Gasteiger partial charge >= 0.3 is 0 Å². The molecule has 3 heterocycles. The number of aromatic nitrogens is 4. The van der Waals surface area contributed by atoms with Crippen molar-refractivity contribution in [2.24, 2.45) is 0 Å². The van der Waals surface area contributed by atoms with Crippen LogP contribution in [0.2, 0.25) is 0 Å². The Morgan fingerprint density at radius 2 is 1.93 bits per heavy atom. The van der Waals surface area contributed by atoms with Crippen molar-refractivity contribution < 1.29 is 14.3 Å². The fraction of sp³-hybridized carbons (Fsp3) is 0.211. The normalized spacial score (nSPS) is 10.3. The van der Waals surface area contributed by atoms with Crippen LogP contribution in [0.25, 0.3) is 11.4 Å². The average molecular weight is 365 g/mol. The molecule has 1 N–H and O–H groups in total. The topological polar surface area (TPSA) is 99.1 Å². The largest absolute Gasteiger partial charge is 0.488 e. The molecule has 0 aliphatic carbocycles. The zero-order valence-electron chi connectivity index (χ0n) is 15.0. The van der Waals surface area contributed by atoms with Gasteiger partial charge in [-0.1, -0.05) is 0 Å². The van der Waals surface area contributed by atoms with E-state index in [2.05, 4.69) is 25.3 Å². The molecule has 1 amide bonds. The van der Waals surface area contributed by atoms with Crippen molar-refractivity contribution >= 4 is 5.91 Å². The average Bonchev–Trinajstić information content (AvgIpc) is 2.70. The molecule has 0 aliphatic rings. The molecule has 0 radical (unpaired) electrons. The molecule has 0 spiro atoms. The number of nitrogens with one attached hydrogen (secondary N) is 1. The van der Waals surface area contributed by atoms with Crippen LogP contribution in [0.4, 0.5) is 0 Å². The Morgan fingerprint density at radius 3 is 2.67 bits per heavy atom. The first-order chi connectivity index (χ1) is 13.2. The first-order valence-corrected chi connectivity index (χ1v) is 8.52. The molecule has 0 bridgehead atoms. The summed E-state index contributed by atoms with van der Waals surface area (Å²) in [4.78, 5) is 28.6. The molecule has 0 saturated heterocycles. The van der Waals surface area contributed by atoms with E-state index < -0.39 is 0 Å². The minimum Gasteiger partial charge on any atom is -0.488 e. The predicted molar refractivity (Wildman–Crippen MR) is 98.8 cm³/mol. The smallest absolute Gasteiger partial charge is 0.262 e. The monoisotopic (exact) mass is 365 g/mol. The lowest BCUT2D eigenvalue weighted by Crippen LogP contribution is -2.22. The Bertz CT molecular complexity index is 915. The highest BCUT2D eigenvalue weighted by Gasteiger charge is 2.11. The van der Waals surface area contributed by atoms with Crippen molar-refractivity contribution in [1.29, 1.82) is 0 Å². The van der Waals surface area contributed by atoms with Gasteiger partial charge in [0.1, 0.15) is 5.75 Å². The number of nitrogens with zero attached hydrogens (tertiary/aromatic N) is 4. The van der Waals surface area contributed by atoms with E-state index in [9.17, 15) is 4.79 Å². The second-order valence-electron chi connectivity index (χ2n) is 5.41. The Morgan fingerprint density at radius 1 is 1.11 bits per heavy atom. The lowest BCUT2D eigenvalue weighted by molar-refractivity contribution is 0.0955. The molecule has 0 atom stereocenters. The van der Waals surface area contributed by atoms with Gasteiger partial charge in [-0.15, -0.1) is 0 Å². The number of carbonyl (C=O) groups is 1. The summed E-state index contributed by atoms with van der Waals surface area (Å²) in [6, 6.07) is 5.31. The second-order valence-corrected chi connectivity index (χ2v) is 5.41. The molecule has 27 heavy (non-hydrogen) atoms. The van der Waals surface area contributed by atoms with Crippen molar-refractivity contribution in [1.82, 2.24) is 25.3 Å². The van der Waals surface area contributed by atoms with Crippen molar-refractivity contribution in [3.05, 3.63) is 54.7 Å². The van der Waals surface area contributed by atoms with Crippen LogP contribution < -0.4 is 14.8 Å². The quantitative estimate of drug-likeness (QED) is 0.687. The molecule has 8 heteroatoms. The fourth-order valence-electron chi connectivity index (χ4n) is 2.28. The molecule has 8 nitrogen and oxygen atoms in total. The highest BCUT2D eigenvalue weighted by atomic mass is 16.5. The number of rotatable bonds is 7. The van der Waals surface area contributed by atoms with Crippen LogP contribution in [0.15, 0.2) is 49.2 Å². The summed E-state index contributed by atoms with van der Waals surface area (Å²) < 4.78 is 11.3. The summed E-state index contributed by atoms with van der Waals surface area (Å²) >= 11 is 0. The predicted octanol–water partition coefficient (Wildman–Crippen LogP) is 2.87. The first kappa shape index (κ1) is 18.2. The van der Waals surface area contributed by atoms with E-state index in [4.69, 9.17) is 9.47 Å². The molecule has 0 aromatic carbocycles. The SMILES string of the molecule is CCNC(=O)c1cnc(-c2cncc(Oc3ncccc3OCC)c2)nc1. The highest BCUT2D eigenvalue weighted by Crippen LogP contribution is 2.29. The minimum absolute atomic E-state index is 0.210. The number of hydrogen-bond donors (Lipinski definition) is 1. The summed E-state index contributed by atoms with van der Waals surface area (Å²) in [5.74, 6) is 1.60. The number of hydrogen-bond acceptors (Lipinski definition) is 7. The van der Waals surface area contributed by atoms with Gasteiger partial charge in [-0.2, -0.15) is 0 Å². The van der Waals surface area contributed by atoms with Gasteiger partial charge in [0.25, 0.3) is 11.8 Å². The van der Waals surface area contributed by atoms with Gasteiger partial charge in [-0.3, -0.25) is 9.78 Å². The van der Waals surface area contributed by atoms with Crippen LogP contribution in [0.5, 0.6) is 17.4 Å². The molecule has 0 aliphatic heterocycles. The van der Waals surface area contributed by atoms with E-state index in [1.54, 1.807) is 36.8 Å². The number of pyridine rings is 2. The van der Waals surface area contributed by atoms with Crippen molar-refractivity contribution in [3.63, 3.8) is 0 Å². The molecule has 3 rings (SSSR count). The van der Waals surface area contributed by atoms with Crippen LogP contribution in [0.3, 0.4) is 0 Å². The third-order valence-corrected chi connectivity index (χ3v) is 3.47. The van der Waals surface area contributed by atoms with E-state index in [1.165, 1.54) is 12.4 Å². The zero-order chi connectivity index (χ0) is 19.1. The van der Waals surface area contributed by atoms with Gasteiger partial charge in [0.15, 0.2) is 11.6 Å². The number of ether oxygens (including phenoxy) is 2. The third-order valence-electron chi connectivity index (χ3n) is 3.47. The molecule has 3 aromatic rings. The maximum absolute atomic E-state index is 11.8. The van der Waals surface area contributed by atoms with Crippen LogP contribution >= 0.6 is 0 Å². The Hall–Kier alpha value is -3.55. The van der Waals surface area contributed by atoms with E-state index in [-0.39, 0.29) is 5.91 Å². The molecule has 0 fully saturated rings. The van der Waals surface area contributed by atoms with Crippen LogP contribution in [-0.4, -0.2) is 39.0 Å². The summed E-state index contributed by atoms with van der Waals surface area (Å²) in [7, 11) is 0. The number of amides is 1. The fourth-order valence-corrected chi connectivity index (χ4v) is 2.28. The summed E-state index contributed by atoms with van der Waals surface area (Å²) in [5, 5.41) is 2.70. The maximum atomic E-state index is 11.8. The van der Waals surface area contributed by atoms with E-state index in [0.717, 1.165) is 0 Å². The Balaban J connectivity index is 1.81. The van der Waals surface area contributed by atoms with Crippen LogP contribution in [0, 0.1) is 0 Å². The van der Waals surface area contributed by atoms with Crippen molar-refractivity contribution in [3.8, 4) is 28.8 Å². The van der Waals surface area contributed by atoms with Crippen molar-refractivity contribution in [2.45, 2.75) is 13.8 Å². The van der Waals surface area contributed by atoms with Gasteiger partial charge in [-0.25, -0.2) is 15.0 Å². The van der Waals surface area contributed by atoms with Crippen LogP contribution in [-0.2, 0) is 0 Å². The second kappa shape index (κ2) is 8.70. The van der Waals surface area contributed by atoms with E-state index in [1.807, 2.05) is 13.8 Å². The summed E-state index contributed by atoms with van der Waals surface area (Å²) in [6.07, 6.45) is 7.77. The van der Waals surface area contributed by atoms with Gasteiger partial charge in [0.05, 0.1) is 18.4 Å².